The Balaban J connectivity index is 2.27. The summed E-state index contributed by atoms with van der Waals surface area (Å²) in [4.78, 5) is 10.9. The highest BCUT2D eigenvalue weighted by Crippen LogP contribution is 2.23. The Morgan fingerprint density at radius 3 is 2.37 bits per heavy atom. The molecule has 1 N–H and O–H groups in total. The number of benzene rings is 2. The minimum Gasteiger partial charge on any atom is -0.478 e. The van der Waals surface area contributed by atoms with Gasteiger partial charge in [0.2, 0.25) is 0 Å². The minimum absolute atomic E-state index is 0.287. The highest BCUT2D eigenvalue weighted by Gasteiger charge is 2.06. The van der Waals surface area contributed by atoms with Crippen LogP contribution in [0.25, 0.3) is 0 Å². The maximum atomic E-state index is 10.9. The van der Waals surface area contributed by atoms with Crippen LogP contribution in [-0.4, -0.2) is 11.1 Å². The molecule has 4 nitrogen and oxygen atoms in total. The summed E-state index contributed by atoms with van der Waals surface area (Å²) in [5.74, 6) is -0.931. The average molecular weight is 254 g/mol. The highest BCUT2D eigenvalue weighted by atomic mass is 16.4. The molecule has 0 aromatic heterocycles. The third-order valence-electron chi connectivity index (χ3n) is 2.83. The van der Waals surface area contributed by atoms with Crippen molar-refractivity contribution in [3.63, 3.8) is 0 Å². The lowest BCUT2D eigenvalue weighted by Crippen LogP contribution is -1.98. The zero-order valence-electron chi connectivity index (χ0n) is 10.8. The molecule has 0 spiro atoms. The van der Waals surface area contributed by atoms with Gasteiger partial charge in [0.25, 0.3) is 0 Å². The molecule has 2 aromatic rings. The molecule has 0 bridgehead atoms. The third-order valence-corrected chi connectivity index (χ3v) is 2.83. The van der Waals surface area contributed by atoms with Gasteiger partial charge in [0.1, 0.15) is 0 Å². The fraction of sp³-hybridized carbons (Fsp3) is 0.133. The fourth-order valence-corrected chi connectivity index (χ4v) is 1.74. The van der Waals surface area contributed by atoms with Gasteiger partial charge in [-0.3, -0.25) is 0 Å². The first-order valence-corrected chi connectivity index (χ1v) is 5.89. The Kier molecular flexibility index (Phi) is 3.71. The number of aryl methyl sites for hydroxylation is 2. The molecule has 4 heteroatoms. The van der Waals surface area contributed by atoms with Gasteiger partial charge in [-0.25, -0.2) is 4.79 Å². The van der Waals surface area contributed by atoms with Gasteiger partial charge in [-0.15, -0.1) is 0 Å². The zero-order chi connectivity index (χ0) is 13.8. The summed E-state index contributed by atoms with van der Waals surface area (Å²) < 4.78 is 0. The van der Waals surface area contributed by atoms with Crippen molar-refractivity contribution in [2.45, 2.75) is 13.8 Å². The van der Waals surface area contributed by atoms with E-state index in [1.165, 1.54) is 0 Å². The molecule has 2 rings (SSSR count). The molecule has 2 aromatic carbocycles. The molecule has 0 unspecified atom stereocenters. The molecule has 0 saturated carbocycles. The summed E-state index contributed by atoms with van der Waals surface area (Å²) in [7, 11) is 0. The Labute approximate surface area is 111 Å². The van der Waals surface area contributed by atoms with Crippen LogP contribution in [0, 0.1) is 13.8 Å². The van der Waals surface area contributed by atoms with Gasteiger partial charge in [-0.05, 0) is 49.2 Å². The fourth-order valence-electron chi connectivity index (χ4n) is 1.74. The number of rotatable bonds is 3. The monoisotopic (exact) mass is 254 g/mol. The minimum atomic E-state index is -0.931. The van der Waals surface area contributed by atoms with Gasteiger partial charge >= 0.3 is 5.97 Å². The standard InChI is InChI=1S/C15H14N2O2/c1-10-5-3-4-6-14(10)17-16-12-7-8-13(15(18)19)11(2)9-12/h3-9H,1-2H3,(H,18,19). The third kappa shape index (κ3) is 3.04. The summed E-state index contributed by atoms with van der Waals surface area (Å²) in [5, 5.41) is 17.2. The van der Waals surface area contributed by atoms with Crippen molar-refractivity contribution in [1.29, 1.82) is 0 Å². The van der Waals surface area contributed by atoms with Crippen molar-refractivity contribution in [3.8, 4) is 0 Å². The molecule has 0 atom stereocenters. The van der Waals surface area contributed by atoms with Gasteiger partial charge in [0.05, 0.1) is 16.9 Å². The lowest BCUT2D eigenvalue weighted by atomic mass is 10.1. The van der Waals surface area contributed by atoms with Crippen molar-refractivity contribution in [2.75, 3.05) is 0 Å². The number of hydrogen-bond donors (Lipinski definition) is 1. The van der Waals surface area contributed by atoms with Crippen LogP contribution in [0.2, 0.25) is 0 Å². The molecule has 0 fully saturated rings. The normalized spacial score (nSPS) is 10.8. The van der Waals surface area contributed by atoms with Gasteiger partial charge in [-0.1, -0.05) is 18.2 Å². The van der Waals surface area contributed by atoms with Crippen LogP contribution in [0.3, 0.4) is 0 Å². The molecular weight excluding hydrogens is 240 g/mol. The molecule has 19 heavy (non-hydrogen) atoms. The van der Waals surface area contributed by atoms with E-state index in [0.717, 1.165) is 11.3 Å². The first kappa shape index (κ1) is 13.0. The van der Waals surface area contributed by atoms with E-state index in [0.29, 0.717) is 11.3 Å². The molecule has 0 radical (unpaired) electrons. The van der Waals surface area contributed by atoms with E-state index >= 15 is 0 Å². The first-order chi connectivity index (χ1) is 9.08. The molecule has 0 aliphatic rings. The number of carbonyl (C=O) groups is 1. The van der Waals surface area contributed by atoms with Gasteiger partial charge in [0.15, 0.2) is 0 Å². The summed E-state index contributed by atoms with van der Waals surface area (Å²) in [5.41, 5.74) is 3.46. The van der Waals surface area contributed by atoms with E-state index in [1.807, 2.05) is 31.2 Å². The Morgan fingerprint density at radius 1 is 1.00 bits per heavy atom. The number of aromatic carboxylic acids is 1. The SMILES string of the molecule is Cc1ccccc1N=Nc1ccc(C(=O)O)c(C)c1. The van der Waals surface area contributed by atoms with Crippen molar-refractivity contribution >= 4 is 17.3 Å². The van der Waals surface area contributed by atoms with Crippen molar-refractivity contribution in [3.05, 3.63) is 59.2 Å². The maximum absolute atomic E-state index is 10.9. The predicted molar refractivity (Wildman–Crippen MR) is 73.5 cm³/mol. The topological polar surface area (TPSA) is 62.0 Å². The summed E-state index contributed by atoms with van der Waals surface area (Å²) in [6.07, 6.45) is 0. The Hall–Kier alpha value is -2.49. The van der Waals surface area contributed by atoms with Crippen LogP contribution in [0.5, 0.6) is 0 Å². The molecule has 0 aliphatic carbocycles. The quantitative estimate of drug-likeness (QED) is 0.824. The van der Waals surface area contributed by atoms with E-state index in [-0.39, 0.29) is 5.56 Å². The van der Waals surface area contributed by atoms with Crippen molar-refractivity contribution in [2.24, 2.45) is 10.2 Å². The van der Waals surface area contributed by atoms with E-state index in [9.17, 15) is 4.79 Å². The van der Waals surface area contributed by atoms with Crippen LogP contribution in [-0.2, 0) is 0 Å². The first-order valence-electron chi connectivity index (χ1n) is 5.89. The number of nitrogens with zero attached hydrogens (tertiary/aromatic N) is 2. The number of carboxylic acid groups (broad SMARTS) is 1. The van der Waals surface area contributed by atoms with E-state index in [2.05, 4.69) is 10.2 Å². The van der Waals surface area contributed by atoms with E-state index < -0.39 is 5.97 Å². The number of hydrogen-bond acceptors (Lipinski definition) is 3. The molecule has 0 amide bonds. The number of azo groups is 1. The molecule has 96 valence electrons. The number of carboxylic acids is 1. The smallest absolute Gasteiger partial charge is 0.335 e. The molecule has 0 aliphatic heterocycles. The van der Waals surface area contributed by atoms with Crippen LogP contribution in [0.1, 0.15) is 21.5 Å². The maximum Gasteiger partial charge on any atom is 0.335 e. The predicted octanol–water partition coefficient (Wildman–Crippen LogP) is 4.42. The van der Waals surface area contributed by atoms with Gasteiger partial charge < -0.3 is 5.11 Å². The highest BCUT2D eigenvalue weighted by molar-refractivity contribution is 5.89. The second kappa shape index (κ2) is 5.44. The van der Waals surface area contributed by atoms with Gasteiger partial charge in [0, 0.05) is 0 Å². The lowest BCUT2D eigenvalue weighted by Gasteiger charge is -2.01. The van der Waals surface area contributed by atoms with Gasteiger partial charge in [-0.2, -0.15) is 10.2 Å². The summed E-state index contributed by atoms with van der Waals surface area (Å²) in [6, 6.07) is 12.6. The summed E-state index contributed by atoms with van der Waals surface area (Å²) >= 11 is 0. The Morgan fingerprint density at radius 2 is 1.74 bits per heavy atom. The Bertz CT molecular complexity index is 648. The van der Waals surface area contributed by atoms with E-state index in [1.54, 1.807) is 25.1 Å². The molecular formula is C15H14N2O2. The zero-order valence-corrected chi connectivity index (χ0v) is 10.8. The second-order valence-electron chi connectivity index (χ2n) is 4.29. The van der Waals surface area contributed by atoms with Crippen molar-refractivity contribution in [1.82, 2.24) is 0 Å². The summed E-state index contributed by atoms with van der Waals surface area (Å²) in [6.45, 7) is 3.71. The van der Waals surface area contributed by atoms with Crippen LogP contribution >= 0.6 is 0 Å². The van der Waals surface area contributed by atoms with Crippen LogP contribution in [0.4, 0.5) is 11.4 Å². The molecule has 0 saturated heterocycles. The van der Waals surface area contributed by atoms with E-state index in [4.69, 9.17) is 5.11 Å². The average Bonchev–Trinajstić information content (AvgIpc) is 2.37. The largest absolute Gasteiger partial charge is 0.478 e. The van der Waals surface area contributed by atoms with Crippen LogP contribution in [0.15, 0.2) is 52.7 Å². The second-order valence-corrected chi connectivity index (χ2v) is 4.29. The lowest BCUT2D eigenvalue weighted by molar-refractivity contribution is 0.0696. The molecule has 0 heterocycles. The van der Waals surface area contributed by atoms with Crippen LogP contribution < -0.4 is 0 Å². The van der Waals surface area contributed by atoms with Crippen molar-refractivity contribution < 1.29 is 9.90 Å².